The number of halogens is 3. The highest BCUT2D eigenvalue weighted by atomic mass is 32.1. The molecule has 192 valence electrons. The van der Waals surface area contributed by atoms with Crippen LogP contribution >= 0.6 is 11.3 Å². The first kappa shape index (κ1) is 26.3. The van der Waals surface area contributed by atoms with Crippen LogP contribution in [-0.2, 0) is 11.0 Å². The van der Waals surface area contributed by atoms with Crippen molar-refractivity contribution < 1.29 is 27.9 Å². The first-order valence-electron chi connectivity index (χ1n) is 11.4. The van der Waals surface area contributed by atoms with Gasteiger partial charge in [-0.05, 0) is 36.1 Å². The number of nitriles is 1. The summed E-state index contributed by atoms with van der Waals surface area (Å²) in [5.41, 5.74) is 2.17. The molecule has 4 rings (SSSR count). The van der Waals surface area contributed by atoms with Crippen molar-refractivity contribution in [2.24, 2.45) is 11.7 Å². The maximum atomic E-state index is 13.8. The Morgan fingerprint density at radius 3 is 2.35 bits per heavy atom. The SMILES string of the molecule is N#Cc1ccc(C(c2ccccc2)C(O)(C(N)=O)C2CCN(C(=O)c3nccs3)CC2)cc1C(F)(F)F. The Morgan fingerprint density at radius 2 is 1.81 bits per heavy atom. The van der Waals surface area contributed by atoms with Crippen LogP contribution in [0.5, 0.6) is 0 Å². The summed E-state index contributed by atoms with van der Waals surface area (Å²) in [7, 11) is 0. The minimum absolute atomic E-state index is 0.000108. The van der Waals surface area contributed by atoms with Gasteiger partial charge in [0, 0.05) is 36.5 Å². The molecule has 0 saturated carbocycles. The van der Waals surface area contributed by atoms with Crippen molar-refractivity contribution in [1.29, 1.82) is 5.26 Å². The summed E-state index contributed by atoms with van der Waals surface area (Å²) >= 11 is 1.20. The van der Waals surface area contributed by atoms with Crippen LogP contribution in [0, 0.1) is 17.2 Å². The number of nitrogens with zero attached hydrogens (tertiary/aromatic N) is 3. The van der Waals surface area contributed by atoms with Gasteiger partial charge in [0.05, 0.1) is 17.2 Å². The molecule has 0 bridgehead atoms. The van der Waals surface area contributed by atoms with E-state index in [9.17, 15) is 33.1 Å². The van der Waals surface area contributed by atoms with E-state index in [1.165, 1.54) is 23.6 Å². The monoisotopic (exact) mass is 528 g/mol. The Morgan fingerprint density at radius 1 is 1.14 bits per heavy atom. The number of thiazole rings is 1. The molecule has 2 aromatic carbocycles. The van der Waals surface area contributed by atoms with Gasteiger partial charge in [-0.25, -0.2) is 4.98 Å². The van der Waals surface area contributed by atoms with Crippen LogP contribution in [0.3, 0.4) is 0 Å². The lowest BCUT2D eigenvalue weighted by atomic mass is 9.67. The Bertz CT molecular complexity index is 1320. The van der Waals surface area contributed by atoms with Crippen molar-refractivity contribution in [3.05, 3.63) is 87.4 Å². The maximum Gasteiger partial charge on any atom is 0.417 e. The second-order valence-electron chi connectivity index (χ2n) is 8.85. The van der Waals surface area contributed by atoms with Gasteiger partial charge in [0.1, 0.15) is 0 Å². The lowest BCUT2D eigenvalue weighted by Gasteiger charge is -2.44. The summed E-state index contributed by atoms with van der Waals surface area (Å²) in [5.74, 6) is -3.34. The second-order valence-corrected chi connectivity index (χ2v) is 9.75. The molecule has 37 heavy (non-hydrogen) atoms. The highest BCUT2D eigenvalue weighted by molar-refractivity contribution is 7.11. The summed E-state index contributed by atoms with van der Waals surface area (Å²) in [6, 6.07) is 12.9. The Balaban J connectivity index is 1.75. The molecule has 1 saturated heterocycles. The number of amides is 2. The van der Waals surface area contributed by atoms with E-state index >= 15 is 0 Å². The number of aliphatic hydroxyl groups is 1. The van der Waals surface area contributed by atoms with E-state index in [-0.39, 0.29) is 37.4 Å². The topological polar surface area (TPSA) is 120 Å². The molecular formula is C26H23F3N4O3S. The maximum absolute atomic E-state index is 13.8. The summed E-state index contributed by atoms with van der Waals surface area (Å²) in [6.07, 6.45) is -2.91. The fraction of sp³-hybridized carbons (Fsp3) is 0.308. The van der Waals surface area contributed by atoms with Gasteiger partial charge < -0.3 is 15.7 Å². The predicted octanol–water partition coefficient (Wildman–Crippen LogP) is 3.93. The van der Waals surface area contributed by atoms with Gasteiger partial charge in [0.25, 0.3) is 11.8 Å². The molecule has 3 N–H and O–H groups in total. The first-order chi connectivity index (χ1) is 17.6. The van der Waals surface area contributed by atoms with Gasteiger partial charge >= 0.3 is 6.18 Å². The Labute approximate surface area is 215 Å². The fourth-order valence-corrected chi connectivity index (χ4v) is 5.59. The zero-order valence-corrected chi connectivity index (χ0v) is 20.3. The molecule has 2 amide bonds. The van der Waals surface area contributed by atoms with Crippen molar-refractivity contribution in [2.75, 3.05) is 13.1 Å². The quantitative estimate of drug-likeness (QED) is 0.502. The molecule has 11 heteroatoms. The molecule has 0 aliphatic carbocycles. The molecular weight excluding hydrogens is 505 g/mol. The van der Waals surface area contributed by atoms with Gasteiger partial charge in [-0.1, -0.05) is 36.4 Å². The Hall–Kier alpha value is -3.75. The van der Waals surface area contributed by atoms with Crippen LogP contribution in [-0.4, -0.2) is 45.5 Å². The molecule has 1 fully saturated rings. The smallest absolute Gasteiger partial charge is 0.379 e. The summed E-state index contributed by atoms with van der Waals surface area (Å²) in [5, 5.41) is 23.2. The third-order valence-electron chi connectivity index (χ3n) is 6.79. The molecule has 0 radical (unpaired) electrons. The number of nitrogens with two attached hydrogens (primary N) is 1. The number of carbonyl (C=O) groups excluding carboxylic acids is 2. The highest BCUT2D eigenvalue weighted by Crippen LogP contribution is 2.45. The number of rotatable bonds is 6. The zero-order valence-electron chi connectivity index (χ0n) is 19.5. The average Bonchev–Trinajstić information content (AvgIpc) is 3.43. The molecule has 0 spiro atoms. The van der Waals surface area contributed by atoms with E-state index < -0.39 is 40.6 Å². The van der Waals surface area contributed by atoms with Crippen LogP contribution in [0.15, 0.2) is 60.1 Å². The van der Waals surface area contributed by atoms with Crippen molar-refractivity contribution >= 4 is 23.2 Å². The van der Waals surface area contributed by atoms with Crippen LogP contribution in [0.25, 0.3) is 0 Å². The summed E-state index contributed by atoms with van der Waals surface area (Å²) in [4.78, 5) is 31.2. The number of carbonyl (C=O) groups is 2. The van der Waals surface area contributed by atoms with Gasteiger partial charge in [-0.15, -0.1) is 11.3 Å². The van der Waals surface area contributed by atoms with E-state index in [4.69, 9.17) is 5.73 Å². The molecule has 1 aliphatic heterocycles. The average molecular weight is 529 g/mol. The van der Waals surface area contributed by atoms with E-state index in [1.54, 1.807) is 46.7 Å². The van der Waals surface area contributed by atoms with Gasteiger partial charge in [-0.3, -0.25) is 9.59 Å². The molecule has 2 unspecified atom stereocenters. The number of aromatic nitrogens is 1. The van der Waals surface area contributed by atoms with Crippen LogP contribution < -0.4 is 5.73 Å². The third kappa shape index (κ3) is 5.08. The van der Waals surface area contributed by atoms with E-state index in [2.05, 4.69) is 4.98 Å². The lowest BCUT2D eigenvalue weighted by molar-refractivity contribution is -0.146. The number of alkyl halides is 3. The number of piperidine rings is 1. The number of hydrogen-bond acceptors (Lipinski definition) is 6. The third-order valence-corrected chi connectivity index (χ3v) is 7.55. The van der Waals surface area contributed by atoms with E-state index in [1.807, 2.05) is 0 Å². The molecule has 7 nitrogen and oxygen atoms in total. The molecule has 2 heterocycles. The molecule has 2 atom stereocenters. The van der Waals surface area contributed by atoms with Crippen molar-refractivity contribution in [3.63, 3.8) is 0 Å². The zero-order chi connectivity index (χ0) is 26.8. The lowest BCUT2D eigenvalue weighted by Crippen LogP contribution is -2.57. The van der Waals surface area contributed by atoms with Gasteiger partial charge in [0.15, 0.2) is 10.6 Å². The molecule has 3 aromatic rings. The Kier molecular flexibility index (Phi) is 7.34. The normalized spacial score (nSPS) is 17.0. The highest BCUT2D eigenvalue weighted by Gasteiger charge is 2.51. The summed E-state index contributed by atoms with van der Waals surface area (Å²) in [6.45, 7) is 0.419. The first-order valence-corrected chi connectivity index (χ1v) is 12.3. The van der Waals surface area contributed by atoms with Crippen molar-refractivity contribution in [3.8, 4) is 6.07 Å². The number of benzene rings is 2. The van der Waals surface area contributed by atoms with Crippen LogP contribution in [0.4, 0.5) is 13.2 Å². The number of hydrogen-bond donors (Lipinski definition) is 2. The number of primary amides is 1. The summed E-state index contributed by atoms with van der Waals surface area (Å²) < 4.78 is 41.3. The van der Waals surface area contributed by atoms with Crippen LogP contribution in [0.1, 0.15) is 50.8 Å². The van der Waals surface area contributed by atoms with Crippen LogP contribution in [0.2, 0.25) is 0 Å². The van der Waals surface area contributed by atoms with Crippen molar-refractivity contribution in [1.82, 2.24) is 9.88 Å². The largest absolute Gasteiger partial charge is 0.417 e. The van der Waals surface area contributed by atoms with E-state index in [0.29, 0.717) is 10.6 Å². The minimum atomic E-state index is -4.82. The standard InChI is InChI=1S/C26H23F3N4O3S/c27-26(28,29)20-14-17(6-7-18(20)15-30)21(16-4-2-1-3-5-16)25(36,24(31)35)19-8-11-33(12-9-19)23(34)22-32-10-13-37-22/h1-7,10,13-14,19,21,36H,8-9,11-12H2,(H2,31,35). The van der Waals surface area contributed by atoms with Gasteiger partial charge in [0.2, 0.25) is 0 Å². The predicted molar refractivity (Wildman–Crippen MR) is 129 cm³/mol. The second kappa shape index (κ2) is 10.3. The van der Waals surface area contributed by atoms with Gasteiger partial charge in [-0.2, -0.15) is 18.4 Å². The number of likely N-dealkylation sites (tertiary alicyclic amines) is 1. The minimum Gasteiger partial charge on any atom is -0.379 e. The molecule has 1 aliphatic rings. The van der Waals surface area contributed by atoms with E-state index in [0.717, 1.165) is 12.1 Å². The molecule has 1 aromatic heterocycles. The fourth-order valence-electron chi connectivity index (χ4n) is 4.99. The van der Waals surface area contributed by atoms with Crippen molar-refractivity contribution in [2.45, 2.75) is 30.5 Å².